The third-order valence-electron chi connectivity index (χ3n) is 1.75. The highest BCUT2D eigenvalue weighted by atomic mass is 16.6. The van der Waals surface area contributed by atoms with Gasteiger partial charge < -0.3 is 14.6 Å². The topological polar surface area (TPSA) is 85.2 Å². The van der Waals surface area contributed by atoms with Crippen molar-refractivity contribution in [2.45, 2.75) is 19.4 Å². The van der Waals surface area contributed by atoms with Crippen LogP contribution in [0.4, 0.5) is 0 Å². The molecule has 0 saturated heterocycles. The van der Waals surface area contributed by atoms with Crippen molar-refractivity contribution in [3.8, 4) is 0 Å². The molecule has 0 aromatic rings. The van der Waals surface area contributed by atoms with Gasteiger partial charge in [0.1, 0.15) is 6.10 Å². The van der Waals surface area contributed by atoms with Gasteiger partial charge >= 0.3 is 5.97 Å². The summed E-state index contributed by atoms with van der Waals surface area (Å²) in [5.41, 5.74) is 0. The number of aliphatic hydroxyl groups excluding tert-OH is 1. The molecule has 0 rings (SSSR count). The molecule has 0 spiro atoms. The molecule has 1 unspecified atom stereocenters. The van der Waals surface area contributed by atoms with Gasteiger partial charge in [0.05, 0.1) is 26.4 Å². The van der Waals surface area contributed by atoms with Crippen LogP contribution in [0.3, 0.4) is 0 Å². The summed E-state index contributed by atoms with van der Waals surface area (Å²) in [6, 6.07) is 0. The van der Waals surface area contributed by atoms with Crippen LogP contribution in [0.5, 0.6) is 0 Å². The van der Waals surface area contributed by atoms with E-state index in [9.17, 15) is 9.59 Å². The first-order valence-corrected chi connectivity index (χ1v) is 5.30. The molecule has 0 bridgehead atoms. The lowest BCUT2D eigenvalue weighted by molar-refractivity contribution is -0.146. The minimum absolute atomic E-state index is 0.0952. The van der Waals surface area contributed by atoms with Gasteiger partial charge in [-0.3, -0.25) is 0 Å². The molecular formula is C11H17NO5. The zero-order valence-corrected chi connectivity index (χ0v) is 9.80. The molecule has 0 aliphatic rings. The van der Waals surface area contributed by atoms with Crippen LogP contribution in [0.25, 0.3) is 0 Å². The molecule has 0 aromatic carbocycles. The Labute approximate surface area is 99.9 Å². The Hall–Kier alpha value is -1.49. The molecule has 0 heterocycles. The van der Waals surface area contributed by atoms with Crippen LogP contribution in [0.15, 0.2) is 17.1 Å². The molecule has 0 aromatic heterocycles. The second kappa shape index (κ2) is 11.0. The Morgan fingerprint density at radius 1 is 1.59 bits per heavy atom. The second-order valence-corrected chi connectivity index (χ2v) is 3.12. The van der Waals surface area contributed by atoms with Gasteiger partial charge in [-0.1, -0.05) is 6.08 Å². The maximum Gasteiger partial charge on any atom is 0.330 e. The zero-order chi connectivity index (χ0) is 12.9. The van der Waals surface area contributed by atoms with E-state index in [-0.39, 0.29) is 26.4 Å². The maximum atomic E-state index is 11.2. The maximum absolute atomic E-state index is 11.2. The first-order valence-electron chi connectivity index (χ1n) is 5.30. The summed E-state index contributed by atoms with van der Waals surface area (Å²) >= 11 is 0. The average Bonchev–Trinajstić information content (AvgIpc) is 2.29. The molecule has 17 heavy (non-hydrogen) atoms. The Morgan fingerprint density at radius 3 is 2.94 bits per heavy atom. The summed E-state index contributed by atoms with van der Waals surface area (Å²) in [5, 5.41) is 8.55. The van der Waals surface area contributed by atoms with Gasteiger partial charge in [-0.05, 0) is 6.92 Å². The fourth-order valence-electron chi connectivity index (χ4n) is 1.05. The van der Waals surface area contributed by atoms with Crippen molar-refractivity contribution >= 4 is 12.0 Å². The fraction of sp³-hybridized carbons (Fsp3) is 0.636. The number of ether oxygens (including phenoxy) is 2. The van der Waals surface area contributed by atoms with Gasteiger partial charge in [0.25, 0.3) is 0 Å². The quantitative estimate of drug-likeness (QED) is 0.206. The van der Waals surface area contributed by atoms with E-state index in [0.717, 1.165) is 0 Å². The van der Waals surface area contributed by atoms with Crippen LogP contribution < -0.4 is 0 Å². The third kappa shape index (κ3) is 9.44. The lowest BCUT2D eigenvalue weighted by Gasteiger charge is -2.15. The summed E-state index contributed by atoms with van der Waals surface area (Å²) in [5.74, 6) is -0.472. The molecule has 0 saturated carbocycles. The number of rotatable bonds is 9. The number of carbonyl (C=O) groups is 1. The number of nitrogens with zero attached hydrogens (tertiary/aromatic N) is 1. The van der Waals surface area contributed by atoms with Crippen molar-refractivity contribution in [2.75, 3.05) is 26.4 Å². The highest BCUT2D eigenvalue weighted by Gasteiger charge is 2.12. The minimum Gasteiger partial charge on any atom is -0.457 e. The predicted octanol–water partition coefficient (Wildman–Crippen LogP) is 0.209. The van der Waals surface area contributed by atoms with Gasteiger partial charge in [0, 0.05) is 12.5 Å². The van der Waals surface area contributed by atoms with Crippen molar-refractivity contribution in [1.29, 1.82) is 0 Å². The van der Waals surface area contributed by atoms with Crippen molar-refractivity contribution in [1.82, 2.24) is 0 Å². The lowest BCUT2D eigenvalue weighted by atomic mass is 10.2. The van der Waals surface area contributed by atoms with Crippen molar-refractivity contribution in [2.24, 2.45) is 4.99 Å². The Morgan fingerprint density at radius 2 is 2.35 bits per heavy atom. The SMILES string of the molecule is C/C=C/C(=O)OC(CCN=C=O)COCCO. The number of esters is 1. The Bertz CT molecular complexity index is 284. The zero-order valence-electron chi connectivity index (χ0n) is 9.80. The van der Waals surface area contributed by atoms with Crippen LogP contribution in [0, 0.1) is 0 Å². The standard InChI is InChI=1S/C11H17NO5/c1-2-3-11(15)17-10(4-5-12-9-14)8-16-7-6-13/h2-3,10,13H,4-8H2,1H3/b3-2+. The minimum atomic E-state index is -0.484. The Balaban J connectivity index is 4.08. The molecule has 6 nitrogen and oxygen atoms in total. The van der Waals surface area contributed by atoms with Gasteiger partial charge in [-0.2, -0.15) is 0 Å². The molecule has 0 aliphatic carbocycles. The molecule has 0 amide bonds. The van der Waals surface area contributed by atoms with Gasteiger partial charge in [0.2, 0.25) is 6.08 Å². The molecule has 0 aliphatic heterocycles. The second-order valence-electron chi connectivity index (χ2n) is 3.12. The smallest absolute Gasteiger partial charge is 0.330 e. The molecule has 0 fully saturated rings. The fourth-order valence-corrected chi connectivity index (χ4v) is 1.05. The average molecular weight is 243 g/mol. The number of aliphatic hydroxyl groups is 1. The first kappa shape index (κ1) is 15.5. The van der Waals surface area contributed by atoms with Gasteiger partial charge in [0.15, 0.2) is 0 Å². The van der Waals surface area contributed by atoms with E-state index in [1.54, 1.807) is 13.0 Å². The summed E-state index contributed by atoms with van der Waals surface area (Å²) in [6.45, 7) is 2.17. The van der Waals surface area contributed by atoms with Crippen LogP contribution >= 0.6 is 0 Å². The lowest BCUT2D eigenvalue weighted by Crippen LogP contribution is -2.24. The van der Waals surface area contributed by atoms with Crippen LogP contribution in [0.1, 0.15) is 13.3 Å². The summed E-state index contributed by atoms with van der Waals surface area (Å²) < 4.78 is 10.1. The summed E-state index contributed by atoms with van der Waals surface area (Å²) in [7, 11) is 0. The van der Waals surface area contributed by atoms with Crippen LogP contribution in [-0.4, -0.2) is 49.6 Å². The van der Waals surface area contributed by atoms with Gasteiger partial charge in [-0.25, -0.2) is 14.6 Å². The van der Waals surface area contributed by atoms with Crippen molar-refractivity contribution < 1.29 is 24.2 Å². The Kier molecular flexibility index (Phi) is 10.0. The largest absolute Gasteiger partial charge is 0.457 e. The van der Waals surface area contributed by atoms with E-state index < -0.39 is 12.1 Å². The van der Waals surface area contributed by atoms with E-state index in [1.165, 1.54) is 12.2 Å². The number of carbonyl (C=O) groups excluding carboxylic acids is 2. The van der Waals surface area contributed by atoms with E-state index >= 15 is 0 Å². The molecule has 6 heteroatoms. The van der Waals surface area contributed by atoms with E-state index in [4.69, 9.17) is 14.6 Å². The number of aliphatic imine (C=N–C) groups is 1. The summed E-state index contributed by atoms with van der Waals surface area (Å²) in [6.07, 6.45) is 4.16. The highest BCUT2D eigenvalue weighted by molar-refractivity contribution is 5.81. The van der Waals surface area contributed by atoms with Crippen LogP contribution in [0.2, 0.25) is 0 Å². The number of isocyanates is 1. The molecular weight excluding hydrogens is 226 g/mol. The van der Waals surface area contributed by atoms with E-state index in [2.05, 4.69) is 4.99 Å². The van der Waals surface area contributed by atoms with Crippen molar-refractivity contribution in [3.05, 3.63) is 12.2 Å². The number of allylic oxidation sites excluding steroid dienone is 1. The van der Waals surface area contributed by atoms with Crippen molar-refractivity contribution in [3.63, 3.8) is 0 Å². The summed E-state index contributed by atoms with van der Waals surface area (Å²) in [4.78, 5) is 24.5. The third-order valence-corrected chi connectivity index (χ3v) is 1.75. The molecule has 0 radical (unpaired) electrons. The van der Waals surface area contributed by atoms with Gasteiger partial charge in [-0.15, -0.1) is 0 Å². The highest BCUT2D eigenvalue weighted by Crippen LogP contribution is 2.01. The molecule has 1 atom stereocenters. The monoisotopic (exact) mass is 243 g/mol. The molecule has 1 N–H and O–H groups in total. The predicted molar refractivity (Wildman–Crippen MR) is 60.2 cm³/mol. The van der Waals surface area contributed by atoms with E-state index in [0.29, 0.717) is 6.42 Å². The van der Waals surface area contributed by atoms with E-state index in [1.807, 2.05) is 0 Å². The molecule has 96 valence electrons. The number of hydrogen-bond acceptors (Lipinski definition) is 6. The normalized spacial score (nSPS) is 12.1. The first-order chi connectivity index (χ1) is 8.24. The van der Waals surface area contributed by atoms with Crippen LogP contribution in [-0.2, 0) is 19.1 Å². The number of hydrogen-bond donors (Lipinski definition) is 1.